The highest BCUT2D eigenvalue weighted by molar-refractivity contribution is 5.99. The van der Waals surface area contributed by atoms with Crippen LogP contribution in [0.1, 0.15) is 29.6 Å². The Hall–Kier alpha value is -2.14. The maximum Gasteiger partial charge on any atom is 0.257 e. The number of likely N-dealkylation sites (tertiary alicyclic amines) is 1. The fraction of sp³-hybridized carbons (Fsp3) is 0.444. The van der Waals surface area contributed by atoms with Gasteiger partial charge in [0.1, 0.15) is 0 Å². The first-order valence-corrected chi connectivity index (χ1v) is 8.36. The van der Waals surface area contributed by atoms with Crippen molar-refractivity contribution >= 4 is 5.91 Å². The minimum Gasteiger partial charge on any atom is -0.338 e. The average Bonchev–Trinajstić information content (AvgIpc) is 3.26. The third-order valence-corrected chi connectivity index (χ3v) is 5.38. The molecule has 1 spiro atoms. The Bertz CT molecular complexity index is 678. The molecule has 0 bridgehead atoms. The van der Waals surface area contributed by atoms with Gasteiger partial charge >= 0.3 is 0 Å². The van der Waals surface area contributed by atoms with Gasteiger partial charge in [0.05, 0.1) is 17.5 Å². The van der Waals surface area contributed by atoms with Crippen LogP contribution >= 0.6 is 0 Å². The second-order valence-electron chi connectivity index (χ2n) is 6.74. The summed E-state index contributed by atoms with van der Waals surface area (Å²) in [6, 6.07) is 9.92. The first-order valence-electron chi connectivity index (χ1n) is 8.36. The van der Waals surface area contributed by atoms with Crippen LogP contribution in [0.25, 0.3) is 11.3 Å². The van der Waals surface area contributed by atoms with E-state index in [0.29, 0.717) is 11.0 Å². The van der Waals surface area contributed by atoms with E-state index in [9.17, 15) is 4.79 Å². The summed E-state index contributed by atoms with van der Waals surface area (Å²) in [6.45, 7) is 3.92. The van der Waals surface area contributed by atoms with Crippen molar-refractivity contribution < 1.29 is 4.79 Å². The standard InChI is InChI=1S/C18H22N4O/c23-17(22-10-7-18(8-11-22)6-9-19-13-18)15-12-20-21-16(15)14-4-2-1-3-5-14/h1-5,12,19H,6-11,13H2,(H,20,21). The van der Waals surface area contributed by atoms with Crippen molar-refractivity contribution in [2.24, 2.45) is 5.41 Å². The minimum atomic E-state index is 0.0957. The smallest absolute Gasteiger partial charge is 0.257 e. The number of hydrogen-bond acceptors (Lipinski definition) is 3. The number of carbonyl (C=O) groups is 1. The number of nitrogens with zero attached hydrogens (tertiary/aromatic N) is 2. The van der Waals surface area contributed by atoms with Crippen molar-refractivity contribution in [2.45, 2.75) is 19.3 Å². The van der Waals surface area contributed by atoms with Gasteiger partial charge in [0.15, 0.2) is 0 Å². The second-order valence-corrected chi connectivity index (χ2v) is 6.74. The molecule has 2 N–H and O–H groups in total. The first kappa shape index (κ1) is 14.5. The predicted octanol–water partition coefficient (Wildman–Crippen LogP) is 2.29. The van der Waals surface area contributed by atoms with Gasteiger partial charge in [-0.1, -0.05) is 30.3 Å². The summed E-state index contributed by atoms with van der Waals surface area (Å²) in [5.41, 5.74) is 2.92. The summed E-state index contributed by atoms with van der Waals surface area (Å²) in [5, 5.41) is 10.6. The molecule has 0 aliphatic carbocycles. The van der Waals surface area contributed by atoms with Gasteiger partial charge in [-0.15, -0.1) is 0 Å². The van der Waals surface area contributed by atoms with Crippen LogP contribution in [-0.4, -0.2) is 47.2 Å². The number of amides is 1. The number of piperidine rings is 1. The van der Waals surface area contributed by atoms with Gasteiger partial charge in [0.25, 0.3) is 5.91 Å². The molecule has 4 rings (SSSR count). The Kier molecular flexibility index (Phi) is 3.65. The lowest BCUT2D eigenvalue weighted by Crippen LogP contribution is -2.44. The molecule has 1 aromatic carbocycles. The lowest BCUT2D eigenvalue weighted by molar-refractivity contribution is 0.0608. The summed E-state index contributed by atoms with van der Waals surface area (Å²) in [7, 11) is 0. The molecule has 0 radical (unpaired) electrons. The number of aromatic amines is 1. The number of nitrogens with one attached hydrogen (secondary N) is 2. The lowest BCUT2D eigenvalue weighted by Gasteiger charge is -2.38. The van der Waals surface area contributed by atoms with E-state index < -0.39 is 0 Å². The summed E-state index contributed by atoms with van der Waals surface area (Å²) in [5.74, 6) is 0.0957. The number of benzene rings is 1. The highest BCUT2D eigenvalue weighted by atomic mass is 16.2. The van der Waals surface area contributed by atoms with E-state index in [0.717, 1.165) is 50.3 Å². The largest absolute Gasteiger partial charge is 0.338 e. The van der Waals surface area contributed by atoms with Gasteiger partial charge in [-0.25, -0.2) is 0 Å². The Morgan fingerprint density at radius 1 is 1.13 bits per heavy atom. The topological polar surface area (TPSA) is 61.0 Å². The van der Waals surface area contributed by atoms with Gasteiger partial charge in [-0.2, -0.15) is 5.10 Å². The third kappa shape index (κ3) is 2.65. The number of carbonyl (C=O) groups excluding carboxylic acids is 1. The van der Waals surface area contributed by atoms with Crippen molar-refractivity contribution in [3.63, 3.8) is 0 Å². The Labute approximate surface area is 136 Å². The van der Waals surface area contributed by atoms with E-state index in [1.165, 1.54) is 6.42 Å². The SMILES string of the molecule is O=C(c1cn[nH]c1-c1ccccc1)N1CCC2(CCNC2)CC1. The van der Waals surface area contributed by atoms with Crippen LogP contribution in [0.15, 0.2) is 36.5 Å². The normalized spacial score (nSPS) is 20.1. The molecule has 23 heavy (non-hydrogen) atoms. The van der Waals surface area contributed by atoms with Gasteiger partial charge in [0, 0.05) is 25.2 Å². The zero-order valence-corrected chi connectivity index (χ0v) is 13.2. The van der Waals surface area contributed by atoms with Gasteiger partial charge < -0.3 is 10.2 Å². The van der Waals surface area contributed by atoms with Crippen LogP contribution in [0.5, 0.6) is 0 Å². The fourth-order valence-electron chi connectivity index (χ4n) is 3.85. The first-order chi connectivity index (χ1) is 11.3. The quantitative estimate of drug-likeness (QED) is 0.894. The zero-order valence-electron chi connectivity index (χ0n) is 13.2. The van der Waals surface area contributed by atoms with Crippen LogP contribution in [0, 0.1) is 5.41 Å². The van der Waals surface area contributed by atoms with Crippen molar-refractivity contribution in [2.75, 3.05) is 26.2 Å². The molecule has 5 heteroatoms. The van der Waals surface area contributed by atoms with Crippen LogP contribution < -0.4 is 5.32 Å². The molecule has 3 heterocycles. The second kappa shape index (κ2) is 5.81. The molecule has 0 atom stereocenters. The average molecular weight is 310 g/mol. The Morgan fingerprint density at radius 3 is 2.61 bits per heavy atom. The van der Waals surface area contributed by atoms with Crippen LogP contribution in [0.2, 0.25) is 0 Å². The van der Waals surface area contributed by atoms with Gasteiger partial charge in [-0.05, 0) is 31.2 Å². The molecule has 2 aliphatic rings. The molecular weight excluding hydrogens is 288 g/mol. The summed E-state index contributed by atoms with van der Waals surface area (Å²) in [6.07, 6.45) is 5.11. The fourth-order valence-corrected chi connectivity index (χ4v) is 3.85. The molecule has 2 aromatic rings. The minimum absolute atomic E-state index is 0.0957. The molecule has 0 unspecified atom stereocenters. The Morgan fingerprint density at radius 2 is 1.91 bits per heavy atom. The maximum absolute atomic E-state index is 12.9. The summed E-state index contributed by atoms with van der Waals surface area (Å²) < 4.78 is 0. The zero-order chi connectivity index (χ0) is 15.7. The highest BCUT2D eigenvalue weighted by Gasteiger charge is 2.38. The maximum atomic E-state index is 12.9. The highest BCUT2D eigenvalue weighted by Crippen LogP contribution is 2.37. The number of rotatable bonds is 2. The molecule has 2 saturated heterocycles. The van der Waals surface area contributed by atoms with E-state index in [4.69, 9.17) is 0 Å². The van der Waals surface area contributed by atoms with E-state index in [1.807, 2.05) is 35.2 Å². The molecule has 120 valence electrons. The van der Waals surface area contributed by atoms with Crippen LogP contribution in [-0.2, 0) is 0 Å². The van der Waals surface area contributed by atoms with E-state index in [-0.39, 0.29) is 5.91 Å². The molecule has 2 aliphatic heterocycles. The summed E-state index contributed by atoms with van der Waals surface area (Å²) in [4.78, 5) is 14.9. The van der Waals surface area contributed by atoms with E-state index >= 15 is 0 Å². The van der Waals surface area contributed by atoms with Gasteiger partial charge in [0.2, 0.25) is 0 Å². The monoisotopic (exact) mass is 310 g/mol. The molecule has 1 amide bonds. The molecular formula is C18H22N4O. The van der Waals surface area contributed by atoms with Crippen LogP contribution in [0.3, 0.4) is 0 Å². The number of hydrogen-bond donors (Lipinski definition) is 2. The molecule has 1 aromatic heterocycles. The van der Waals surface area contributed by atoms with Crippen molar-refractivity contribution in [3.05, 3.63) is 42.1 Å². The van der Waals surface area contributed by atoms with E-state index in [2.05, 4.69) is 15.5 Å². The van der Waals surface area contributed by atoms with Crippen molar-refractivity contribution in [3.8, 4) is 11.3 Å². The summed E-state index contributed by atoms with van der Waals surface area (Å²) >= 11 is 0. The molecule has 0 saturated carbocycles. The third-order valence-electron chi connectivity index (χ3n) is 5.38. The number of H-pyrrole nitrogens is 1. The van der Waals surface area contributed by atoms with Crippen molar-refractivity contribution in [1.82, 2.24) is 20.4 Å². The Balaban J connectivity index is 1.51. The lowest BCUT2D eigenvalue weighted by atomic mass is 9.78. The molecule has 5 nitrogen and oxygen atoms in total. The number of aromatic nitrogens is 2. The van der Waals surface area contributed by atoms with Gasteiger partial charge in [-0.3, -0.25) is 9.89 Å². The van der Waals surface area contributed by atoms with Crippen LogP contribution in [0.4, 0.5) is 0 Å². The van der Waals surface area contributed by atoms with Crippen molar-refractivity contribution in [1.29, 1.82) is 0 Å². The van der Waals surface area contributed by atoms with E-state index in [1.54, 1.807) is 6.20 Å². The molecule has 2 fully saturated rings. The predicted molar refractivity (Wildman–Crippen MR) is 89.1 cm³/mol.